The number of aliphatic hydroxyl groups is 1. The Morgan fingerprint density at radius 3 is 1.40 bits per heavy atom. The second-order valence-electron chi connectivity index (χ2n) is 18.2. The van der Waals surface area contributed by atoms with Gasteiger partial charge in [-0.05, 0) is 83.5 Å². The average molecular weight is 890 g/mol. The zero-order valence-corrected chi connectivity index (χ0v) is 41.7. The van der Waals surface area contributed by atoms with Crippen LogP contribution in [0.3, 0.4) is 0 Å². The molecule has 9 heteroatoms. The molecule has 3 N–H and O–H groups in total. The van der Waals surface area contributed by atoms with Gasteiger partial charge < -0.3 is 19.8 Å². The first-order valence-electron chi connectivity index (χ1n) is 25.3. The number of carbonyl (C=O) groups is 1. The number of aliphatic hydroxyl groups excluding tert-OH is 1. The Balaban J connectivity index is 4.34. The van der Waals surface area contributed by atoms with Crippen molar-refractivity contribution in [1.82, 2.24) is 5.32 Å². The van der Waals surface area contributed by atoms with Gasteiger partial charge in [-0.1, -0.05) is 189 Å². The molecule has 360 valence electrons. The molecule has 0 fully saturated rings. The topological polar surface area (TPSA) is 105 Å². The average Bonchev–Trinajstić information content (AvgIpc) is 3.23. The fraction of sp³-hybridized carbons (Fsp3) is 0.755. The van der Waals surface area contributed by atoms with Gasteiger partial charge in [0.2, 0.25) is 5.91 Å². The van der Waals surface area contributed by atoms with Crippen LogP contribution in [0.1, 0.15) is 206 Å². The van der Waals surface area contributed by atoms with Gasteiger partial charge in [-0.15, -0.1) is 0 Å². The van der Waals surface area contributed by atoms with Gasteiger partial charge in [-0.2, -0.15) is 0 Å². The monoisotopic (exact) mass is 890 g/mol. The molecule has 0 aromatic heterocycles. The molecular formula is C53H98N2O6P+. The van der Waals surface area contributed by atoms with Gasteiger partial charge in [0.1, 0.15) is 13.2 Å². The van der Waals surface area contributed by atoms with Gasteiger partial charge in [0, 0.05) is 6.42 Å². The summed E-state index contributed by atoms with van der Waals surface area (Å²) in [6, 6.07) is -0.875. The van der Waals surface area contributed by atoms with E-state index in [1.807, 2.05) is 27.2 Å². The van der Waals surface area contributed by atoms with Gasteiger partial charge >= 0.3 is 7.82 Å². The normalized spacial score (nSPS) is 14.8. The second kappa shape index (κ2) is 44.2. The molecule has 0 bridgehead atoms. The molecule has 8 nitrogen and oxygen atoms in total. The predicted octanol–water partition coefficient (Wildman–Crippen LogP) is 14.8. The molecule has 0 saturated carbocycles. The number of nitrogens with one attached hydrogen (secondary N) is 1. The fourth-order valence-electron chi connectivity index (χ4n) is 6.84. The number of phosphoric acid groups is 1. The first kappa shape index (κ1) is 59.9. The van der Waals surface area contributed by atoms with Gasteiger partial charge in [-0.25, -0.2) is 4.57 Å². The third-order valence-electron chi connectivity index (χ3n) is 10.9. The number of nitrogens with zero attached hydrogens (tertiary/aromatic N) is 1. The van der Waals surface area contributed by atoms with E-state index in [0.29, 0.717) is 17.4 Å². The number of amides is 1. The van der Waals surface area contributed by atoms with E-state index in [4.69, 9.17) is 9.05 Å². The quantitative estimate of drug-likeness (QED) is 0.0243. The standard InChI is InChI=1S/C53H97N2O6P/c1-6-8-10-12-14-16-18-20-22-23-24-25-26-27-28-29-30-31-33-35-37-39-41-43-45-47-53(57)54-51(50-61-62(58,59)60-49-48-55(3,4)5)52(56)46-44-42-40-38-36-34-32-21-19-17-15-13-11-9-7-2/h18-21,23-24,26-27,36,38,44,46,51-52,56H,6-17,22,25,28-35,37,39-43,45,47-50H2,1-5H3,(H-,54,57,58,59)/p+1/b20-18-,21-19+,24-23-,27-26-,38-36+,46-44+. The van der Waals surface area contributed by atoms with Gasteiger partial charge in [0.15, 0.2) is 0 Å². The molecule has 0 saturated heterocycles. The predicted molar refractivity (Wildman–Crippen MR) is 267 cm³/mol. The summed E-state index contributed by atoms with van der Waals surface area (Å²) in [5.41, 5.74) is 0. The SMILES string of the molecule is CCCCCCC/C=C\C/C=C\C/C=C\CCCCCCCCCCCCC(=O)NC(COP(=O)(O)OCC[N+](C)(C)C)C(O)/C=C/CC/C=C/CC/C=C/CCCCCCC. The van der Waals surface area contributed by atoms with Crippen LogP contribution in [0.5, 0.6) is 0 Å². The smallest absolute Gasteiger partial charge is 0.387 e. The van der Waals surface area contributed by atoms with E-state index in [1.165, 1.54) is 128 Å². The number of unbranched alkanes of at least 4 members (excludes halogenated alkanes) is 22. The number of allylic oxidation sites excluding steroid dienone is 11. The fourth-order valence-corrected chi connectivity index (χ4v) is 7.58. The lowest BCUT2D eigenvalue weighted by Crippen LogP contribution is -2.45. The van der Waals surface area contributed by atoms with Gasteiger partial charge in [0.05, 0.1) is 39.9 Å². The van der Waals surface area contributed by atoms with Crippen LogP contribution in [0.2, 0.25) is 0 Å². The minimum absolute atomic E-state index is 0.0497. The van der Waals surface area contributed by atoms with E-state index in [0.717, 1.165) is 57.8 Å². The van der Waals surface area contributed by atoms with E-state index < -0.39 is 20.0 Å². The maximum atomic E-state index is 12.9. The van der Waals surface area contributed by atoms with Crippen molar-refractivity contribution in [1.29, 1.82) is 0 Å². The van der Waals surface area contributed by atoms with E-state index in [9.17, 15) is 19.4 Å². The van der Waals surface area contributed by atoms with Crippen LogP contribution >= 0.6 is 7.82 Å². The number of hydrogen-bond acceptors (Lipinski definition) is 5. The molecule has 0 aromatic rings. The lowest BCUT2D eigenvalue weighted by Gasteiger charge is -2.25. The molecule has 0 aromatic carbocycles. The van der Waals surface area contributed by atoms with E-state index in [-0.39, 0.29) is 19.1 Å². The van der Waals surface area contributed by atoms with Crippen molar-refractivity contribution >= 4 is 13.7 Å². The number of hydrogen-bond donors (Lipinski definition) is 3. The zero-order valence-electron chi connectivity index (χ0n) is 40.8. The molecule has 0 heterocycles. The van der Waals surface area contributed by atoms with Crippen molar-refractivity contribution < 1.29 is 32.9 Å². The summed E-state index contributed by atoms with van der Waals surface area (Å²) in [5.74, 6) is -0.198. The minimum Gasteiger partial charge on any atom is -0.387 e. The molecular weight excluding hydrogens is 792 g/mol. The van der Waals surface area contributed by atoms with Crippen LogP contribution in [0, 0.1) is 0 Å². The lowest BCUT2D eigenvalue weighted by molar-refractivity contribution is -0.870. The Hall–Kier alpha value is -2.06. The van der Waals surface area contributed by atoms with Crippen LogP contribution in [0.15, 0.2) is 72.9 Å². The largest absolute Gasteiger partial charge is 0.472 e. The maximum absolute atomic E-state index is 12.9. The summed E-state index contributed by atoms with van der Waals surface area (Å²) >= 11 is 0. The molecule has 3 unspecified atom stereocenters. The van der Waals surface area contributed by atoms with E-state index in [2.05, 4.69) is 79.9 Å². The van der Waals surface area contributed by atoms with Crippen LogP contribution < -0.4 is 5.32 Å². The highest BCUT2D eigenvalue weighted by Gasteiger charge is 2.27. The molecule has 0 radical (unpaired) electrons. The molecule has 0 aliphatic carbocycles. The second-order valence-corrected chi connectivity index (χ2v) is 19.6. The van der Waals surface area contributed by atoms with Crippen molar-refractivity contribution in [3.05, 3.63) is 72.9 Å². The minimum atomic E-state index is -4.36. The van der Waals surface area contributed by atoms with Crippen LogP contribution in [-0.2, 0) is 18.4 Å². The molecule has 0 aliphatic rings. The third-order valence-corrected chi connectivity index (χ3v) is 11.9. The van der Waals surface area contributed by atoms with E-state index in [1.54, 1.807) is 6.08 Å². The van der Waals surface area contributed by atoms with Crippen molar-refractivity contribution in [2.45, 2.75) is 219 Å². The highest BCUT2D eigenvalue weighted by atomic mass is 31.2. The summed E-state index contributed by atoms with van der Waals surface area (Å²) in [4.78, 5) is 23.2. The number of phosphoric ester groups is 1. The molecule has 62 heavy (non-hydrogen) atoms. The van der Waals surface area contributed by atoms with Gasteiger partial charge in [-0.3, -0.25) is 13.8 Å². The Kier molecular flexibility index (Phi) is 42.7. The molecule has 0 spiro atoms. The summed E-state index contributed by atoms with van der Waals surface area (Å²) < 4.78 is 23.6. The summed E-state index contributed by atoms with van der Waals surface area (Å²) in [5, 5.41) is 13.8. The van der Waals surface area contributed by atoms with Crippen molar-refractivity contribution in [3.8, 4) is 0 Å². The number of quaternary nitrogens is 1. The summed E-state index contributed by atoms with van der Waals surface area (Å²) in [7, 11) is 1.53. The Bertz CT molecular complexity index is 1240. The molecule has 1 amide bonds. The first-order valence-corrected chi connectivity index (χ1v) is 26.8. The number of likely N-dealkylation sites (N-methyl/N-ethyl adjacent to an activating group) is 1. The number of rotatable bonds is 45. The summed E-state index contributed by atoms with van der Waals surface area (Å²) in [6.45, 7) is 4.75. The van der Waals surface area contributed by atoms with Crippen LogP contribution in [0.4, 0.5) is 0 Å². The molecule has 3 atom stereocenters. The van der Waals surface area contributed by atoms with Crippen molar-refractivity contribution in [2.75, 3.05) is 40.9 Å². The van der Waals surface area contributed by atoms with E-state index >= 15 is 0 Å². The summed E-state index contributed by atoms with van der Waals surface area (Å²) in [6.07, 6.45) is 59.8. The van der Waals surface area contributed by atoms with Crippen LogP contribution in [-0.4, -0.2) is 73.4 Å². The number of carbonyl (C=O) groups excluding carboxylic acids is 1. The Morgan fingerprint density at radius 1 is 0.548 bits per heavy atom. The maximum Gasteiger partial charge on any atom is 0.472 e. The highest BCUT2D eigenvalue weighted by molar-refractivity contribution is 7.47. The Morgan fingerprint density at radius 2 is 0.935 bits per heavy atom. The Labute approximate surface area is 383 Å². The first-order chi connectivity index (χ1) is 30.0. The molecule has 0 aliphatic heterocycles. The van der Waals surface area contributed by atoms with Crippen molar-refractivity contribution in [2.24, 2.45) is 0 Å². The van der Waals surface area contributed by atoms with Gasteiger partial charge in [0.25, 0.3) is 0 Å². The third kappa shape index (κ3) is 45.9. The highest BCUT2D eigenvalue weighted by Crippen LogP contribution is 2.43. The van der Waals surface area contributed by atoms with Crippen molar-refractivity contribution in [3.63, 3.8) is 0 Å². The van der Waals surface area contributed by atoms with Crippen LogP contribution in [0.25, 0.3) is 0 Å². The lowest BCUT2D eigenvalue weighted by atomic mass is 10.0. The zero-order chi connectivity index (χ0) is 45.7. The molecule has 0 rings (SSSR count).